The summed E-state index contributed by atoms with van der Waals surface area (Å²) in [5, 5.41) is 10.6. The summed E-state index contributed by atoms with van der Waals surface area (Å²) < 4.78 is 0. The Hall–Kier alpha value is -2.01. The van der Waals surface area contributed by atoms with E-state index in [0.29, 0.717) is 24.7 Å². The number of hydrogen-bond donors (Lipinski definition) is 1. The number of likely N-dealkylation sites (tertiary alicyclic amines) is 1. The van der Waals surface area contributed by atoms with Crippen molar-refractivity contribution in [2.45, 2.75) is 32.0 Å². The molecular formula is C23H28N2O2. The molecule has 1 atom stereocenters. The van der Waals surface area contributed by atoms with Crippen LogP contribution in [-0.2, 0) is 17.8 Å². The summed E-state index contributed by atoms with van der Waals surface area (Å²) in [6.07, 6.45) is 2.25. The van der Waals surface area contributed by atoms with Gasteiger partial charge in [0.15, 0.2) is 5.78 Å². The summed E-state index contributed by atoms with van der Waals surface area (Å²) in [5.74, 6) is 0.888. The van der Waals surface area contributed by atoms with E-state index in [1.54, 1.807) is 0 Å². The lowest BCUT2D eigenvalue weighted by Crippen LogP contribution is -2.40. The van der Waals surface area contributed by atoms with Crippen LogP contribution in [0.5, 0.6) is 0 Å². The number of carbonyl (C=O) groups is 1. The second-order valence-corrected chi connectivity index (χ2v) is 7.92. The van der Waals surface area contributed by atoms with Crippen molar-refractivity contribution in [3.63, 3.8) is 0 Å². The number of hydrogen-bond acceptors (Lipinski definition) is 4. The number of benzene rings is 2. The van der Waals surface area contributed by atoms with Gasteiger partial charge in [0, 0.05) is 19.5 Å². The fourth-order valence-electron chi connectivity index (χ4n) is 4.38. The highest BCUT2D eigenvalue weighted by Gasteiger charge is 2.31. The van der Waals surface area contributed by atoms with Gasteiger partial charge >= 0.3 is 0 Å². The highest BCUT2D eigenvalue weighted by molar-refractivity contribution is 5.82. The monoisotopic (exact) mass is 364 g/mol. The molecule has 2 aromatic rings. The van der Waals surface area contributed by atoms with Crippen molar-refractivity contribution in [2.24, 2.45) is 5.92 Å². The minimum Gasteiger partial charge on any atom is -0.374 e. The Labute approximate surface area is 161 Å². The van der Waals surface area contributed by atoms with Crippen molar-refractivity contribution in [3.8, 4) is 0 Å². The van der Waals surface area contributed by atoms with Crippen LogP contribution in [0.1, 0.15) is 35.8 Å². The van der Waals surface area contributed by atoms with Crippen molar-refractivity contribution in [2.75, 3.05) is 26.2 Å². The van der Waals surface area contributed by atoms with Crippen LogP contribution in [0, 0.1) is 5.92 Å². The molecule has 142 valence electrons. The summed E-state index contributed by atoms with van der Waals surface area (Å²) in [7, 11) is 0. The minimum absolute atomic E-state index is 0.296. The van der Waals surface area contributed by atoms with Crippen LogP contribution in [0.3, 0.4) is 0 Å². The van der Waals surface area contributed by atoms with Crippen LogP contribution in [-0.4, -0.2) is 46.9 Å². The predicted molar refractivity (Wildman–Crippen MR) is 106 cm³/mol. The summed E-state index contributed by atoms with van der Waals surface area (Å²) in [5.41, 5.74) is 3.40. The van der Waals surface area contributed by atoms with Gasteiger partial charge in [0.25, 0.3) is 0 Å². The molecule has 1 unspecified atom stereocenters. The maximum atomic E-state index is 12.3. The molecule has 0 saturated carbocycles. The van der Waals surface area contributed by atoms with E-state index in [4.69, 9.17) is 0 Å². The molecule has 1 saturated heterocycles. The fraction of sp³-hybridized carbons (Fsp3) is 0.435. The Kier molecular flexibility index (Phi) is 5.67. The average Bonchev–Trinajstić information content (AvgIpc) is 3.00. The van der Waals surface area contributed by atoms with Crippen LogP contribution in [0.15, 0.2) is 54.6 Å². The molecule has 0 aromatic heterocycles. The van der Waals surface area contributed by atoms with Crippen molar-refractivity contribution in [1.29, 1.82) is 0 Å². The SMILES string of the molecule is O=C(Cc1ccccc1)CN1CCC(CN2Cc3ccccc3C2O)CC1. The summed E-state index contributed by atoms with van der Waals surface area (Å²) in [6, 6.07) is 18.2. The molecule has 0 bridgehead atoms. The number of Topliss-reactive ketones (excluding diaryl/α,β-unsaturated/α-hetero) is 1. The lowest BCUT2D eigenvalue weighted by molar-refractivity contribution is -0.120. The van der Waals surface area contributed by atoms with Crippen LogP contribution in [0.25, 0.3) is 0 Å². The van der Waals surface area contributed by atoms with Crippen LogP contribution >= 0.6 is 0 Å². The molecule has 2 aliphatic heterocycles. The van der Waals surface area contributed by atoms with E-state index in [1.165, 1.54) is 5.56 Å². The number of aliphatic hydroxyl groups is 1. The van der Waals surface area contributed by atoms with Crippen molar-refractivity contribution >= 4 is 5.78 Å². The Morgan fingerprint density at radius 3 is 2.44 bits per heavy atom. The third kappa shape index (κ3) is 4.46. The zero-order valence-corrected chi connectivity index (χ0v) is 15.8. The van der Waals surface area contributed by atoms with E-state index < -0.39 is 6.23 Å². The van der Waals surface area contributed by atoms with Crippen molar-refractivity contribution < 1.29 is 9.90 Å². The Morgan fingerprint density at radius 2 is 1.70 bits per heavy atom. The molecule has 4 rings (SSSR count). The van der Waals surface area contributed by atoms with Gasteiger partial charge in [-0.1, -0.05) is 54.6 Å². The van der Waals surface area contributed by atoms with Gasteiger partial charge < -0.3 is 5.11 Å². The van der Waals surface area contributed by atoms with E-state index in [9.17, 15) is 9.90 Å². The molecule has 0 aliphatic carbocycles. The molecule has 1 fully saturated rings. The predicted octanol–water partition coefficient (Wildman–Crippen LogP) is 3.02. The first kappa shape index (κ1) is 18.4. The molecule has 2 heterocycles. The van der Waals surface area contributed by atoms with Gasteiger partial charge in [0.05, 0.1) is 6.54 Å². The first-order valence-electron chi connectivity index (χ1n) is 9.97. The van der Waals surface area contributed by atoms with Gasteiger partial charge in [-0.25, -0.2) is 0 Å². The van der Waals surface area contributed by atoms with Gasteiger partial charge in [-0.05, 0) is 48.5 Å². The maximum Gasteiger partial charge on any atom is 0.151 e. The van der Waals surface area contributed by atoms with Crippen LogP contribution in [0.4, 0.5) is 0 Å². The van der Waals surface area contributed by atoms with Gasteiger partial charge in [-0.15, -0.1) is 0 Å². The van der Waals surface area contributed by atoms with Gasteiger partial charge in [0.1, 0.15) is 6.23 Å². The number of rotatable bonds is 6. The lowest BCUT2D eigenvalue weighted by Gasteiger charge is -2.34. The molecule has 0 amide bonds. The van der Waals surface area contributed by atoms with E-state index in [2.05, 4.69) is 15.9 Å². The standard InChI is InChI=1S/C23H28N2O2/c26-21(14-18-6-2-1-3-7-18)17-24-12-10-19(11-13-24)15-25-16-20-8-4-5-9-22(20)23(25)27/h1-9,19,23,27H,10-17H2. The van der Waals surface area contributed by atoms with Crippen molar-refractivity contribution in [3.05, 3.63) is 71.3 Å². The third-order valence-electron chi connectivity index (χ3n) is 5.90. The Bertz CT molecular complexity index is 769. The number of carbonyl (C=O) groups excluding carboxylic acids is 1. The fourth-order valence-corrected chi connectivity index (χ4v) is 4.38. The van der Waals surface area contributed by atoms with Crippen molar-refractivity contribution in [1.82, 2.24) is 9.80 Å². The van der Waals surface area contributed by atoms with Crippen LogP contribution < -0.4 is 0 Å². The molecule has 4 nitrogen and oxygen atoms in total. The molecule has 0 spiro atoms. The molecule has 4 heteroatoms. The highest BCUT2D eigenvalue weighted by atomic mass is 16.3. The minimum atomic E-state index is -0.466. The lowest BCUT2D eigenvalue weighted by atomic mass is 9.95. The van der Waals surface area contributed by atoms with Gasteiger partial charge in [-0.2, -0.15) is 0 Å². The number of piperidine rings is 1. The molecule has 27 heavy (non-hydrogen) atoms. The molecular weight excluding hydrogens is 336 g/mol. The topological polar surface area (TPSA) is 43.8 Å². The molecule has 0 radical (unpaired) electrons. The first-order chi connectivity index (χ1) is 13.2. The summed E-state index contributed by atoms with van der Waals surface area (Å²) >= 11 is 0. The van der Waals surface area contributed by atoms with Gasteiger partial charge in [-0.3, -0.25) is 14.6 Å². The highest BCUT2D eigenvalue weighted by Crippen LogP contribution is 2.33. The molecule has 2 aromatic carbocycles. The maximum absolute atomic E-state index is 12.3. The Morgan fingerprint density at radius 1 is 1.00 bits per heavy atom. The zero-order valence-electron chi connectivity index (χ0n) is 15.8. The number of fused-ring (bicyclic) bond motifs is 1. The van der Waals surface area contributed by atoms with E-state index in [-0.39, 0.29) is 0 Å². The van der Waals surface area contributed by atoms with E-state index >= 15 is 0 Å². The average molecular weight is 364 g/mol. The second-order valence-electron chi connectivity index (χ2n) is 7.92. The van der Waals surface area contributed by atoms with Crippen LogP contribution in [0.2, 0.25) is 0 Å². The quantitative estimate of drug-likeness (QED) is 0.856. The molecule has 2 aliphatic rings. The number of ketones is 1. The normalized spacial score (nSPS) is 21.3. The molecule has 1 N–H and O–H groups in total. The largest absolute Gasteiger partial charge is 0.374 e. The van der Waals surface area contributed by atoms with Gasteiger partial charge in [0.2, 0.25) is 0 Å². The second kappa shape index (κ2) is 8.34. The van der Waals surface area contributed by atoms with E-state index in [1.807, 2.05) is 48.5 Å². The zero-order chi connectivity index (χ0) is 18.6. The van der Waals surface area contributed by atoms with E-state index in [0.717, 1.165) is 50.1 Å². The number of aliphatic hydroxyl groups excluding tert-OH is 1. The third-order valence-corrected chi connectivity index (χ3v) is 5.90. The smallest absolute Gasteiger partial charge is 0.151 e. The number of nitrogens with zero attached hydrogens (tertiary/aromatic N) is 2. The first-order valence-corrected chi connectivity index (χ1v) is 9.97. The Balaban J connectivity index is 1.22. The summed E-state index contributed by atoms with van der Waals surface area (Å²) in [6.45, 7) is 4.28. The summed E-state index contributed by atoms with van der Waals surface area (Å²) in [4.78, 5) is 16.8.